The minimum absolute atomic E-state index is 0.142. The number of H-pyrrole nitrogens is 1. The lowest BCUT2D eigenvalue weighted by Crippen LogP contribution is -2.36. The minimum atomic E-state index is -4.72. The quantitative estimate of drug-likeness (QED) is 0.555. The van der Waals surface area contributed by atoms with E-state index in [1.165, 1.54) is 17.4 Å². The van der Waals surface area contributed by atoms with Crippen molar-refractivity contribution in [1.29, 1.82) is 0 Å². The molecule has 3 heterocycles. The Morgan fingerprint density at radius 2 is 1.84 bits per heavy atom. The average molecular weight is 459 g/mol. The third-order valence-corrected chi connectivity index (χ3v) is 6.05. The molecular formula is C20H15F6N3OS. The molecule has 0 saturated heterocycles. The Balaban J connectivity index is 1.50. The Hall–Kier alpha value is -2.66. The third-order valence-electron chi connectivity index (χ3n) is 4.93. The van der Waals surface area contributed by atoms with E-state index in [4.69, 9.17) is 0 Å². The molecule has 1 aliphatic rings. The first-order valence-electron chi connectivity index (χ1n) is 9.18. The summed E-state index contributed by atoms with van der Waals surface area (Å²) >= 11 is 1.33. The Bertz CT molecular complexity index is 1160. The molecular weight excluding hydrogens is 444 g/mol. The van der Waals surface area contributed by atoms with Crippen LogP contribution < -0.4 is 5.56 Å². The molecule has 0 atom stereocenters. The molecule has 11 heteroatoms. The second-order valence-corrected chi connectivity index (χ2v) is 8.31. The summed E-state index contributed by atoms with van der Waals surface area (Å²) in [5, 5.41) is 0. The number of aromatic amines is 1. The first kappa shape index (κ1) is 21.6. The van der Waals surface area contributed by atoms with Gasteiger partial charge in [0.15, 0.2) is 0 Å². The van der Waals surface area contributed by atoms with Gasteiger partial charge in [-0.1, -0.05) is 12.1 Å². The smallest absolute Gasteiger partial charge is 0.303 e. The van der Waals surface area contributed by atoms with Crippen molar-refractivity contribution in [3.05, 3.63) is 74.3 Å². The predicted molar refractivity (Wildman–Crippen MR) is 102 cm³/mol. The number of hydrogen-bond donors (Lipinski definition) is 1. The zero-order valence-electron chi connectivity index (χ0n) is 15.8. The lowest BCUT2D eigenvalue weighted by atomic mass is 10.1. The molecule has 164 valence electrons. The van der Waals surface area contributed by atoms with Gasteiger partial charge < -0.3 is 4.98 Å². The molecule has 1 aliphatic heterocycles. The van der Waals surface area contributed by atoms with E-state index in [1.54, 1.807) is 23.2 Å². The Morgan fingerprint density at radius 1 is 1.06 bits per heavy atom. The standard InChI is InChI=1S/C20H15F6N3OS/c21-19(22,23)12-3-1-2-11(8-12)16-5-4-13(31-16)9-29-7-6-15-14(10-29)17(30)28-18(27-15)20(24,25)26/h1-5,8H,6-7,9-10H2,(H,27,28,30). The SMILES string of the molecule is O=c1[nH]c(C(F)(F)F)nc2c1CN(Cc1ccc(-c3cccc(C(F)(F)F)c3)s1)CC2. The molecule has 2 aromatic heterocycles. The van der Waals surface area contributed by atoms with Crippen molar-refractivity contribution in [2.24, 2.45) is 0 Å². The fourth-order valence-electron chi connectivity index (χ4n) is 3.44. The molecule has 4 rings (SSSR count). The maximum Gasteiger partial charge on any atom is 0.449 e. The van der Waals surface area contributed by atoms with Crippen LogP contribution in [0.25, 0.3) is 10.4 Å². The van der Waals surface area contributed by atoms with E-state index < -0.39 is 29.3 Å². The maximum atomic E-state index is 12.9. The summed E-state index contributed by atoms with van der Waals surface area (Å²) in [6, 6.07) is 8.59. The van der Waals surface area contributed by atoms with E-state index in [-0.39, 0.29) is 24.2 Å². The van der Waals surface area contributed by atoms with Crippen LogP contribution in [0, 0.1) is 0 Å². The molecule has 1 aromatic carbocycles. The topological polar surface area (TPSA) is 49.0 Å². The van der Waals surface area contributed by atoms with Crippen molar-refractivity contribution in [1.82, 2.24) is 14.9 Å². The summed E-state index contributed by atoms with van der Waals surface area (Å²) in [5.74, 6) is -1.30. The van der Waals surface area contributed by atoms with Crippen LogP contribution >= 0.6 is 11.3 Å². The molecule has 0 radical (unpaired) electrons. The summed E-state index contributed by atoms with van der Waals surface area (Å²) in [6.45, 7) is 0.980. The number of benzene rings is 1. The van der Waals surface area contributed by atoms with Crippen LogP contribution in [0.1, 0.15) is 27.5 Å². The van der Waals surface area contributed by atoms with Crippen LogP contribution in [0.4, 0.5) is 26.3 Å². The molecule has 4 nitrogen and oxygen atoms in total. The van der Waals surface area contributed by atoms with Crippen molar-refractivity contribution >= 4 is 11.3 Å². The Kier molecular flexibility index (Phi) is 5.42. The summed E-state index contributed by atoms with van der Waals surface area (Å²) in [5.41, 5.74) is -0.733. The molecule has 1 N–H and O–H groups in total. The number of rotatable bonds is 3. The van der Waals surface area contributed by atoms with E-state index in [2.05, 4.69) is 4.98 Å². The number of halogens is 6. The summed E-state index contributed by atoms with van der Waals surface area (Å²) in [4.78, 5) is 20.9. The second kappa shape index (κ2) is 7.79. The molecule has 31 heavy (non-hydrogen) atoms. The van der Waals surface area contributed by atoms with Gasteiger partial charge in [0.1, 0.15) is 0 Å². The summed E-state index contributed by atoms with van der Waals surface area (Å²) in [7, 11) is 0. The number of aromatic nitrogens is 2. The van der Waals surface area contributed by atoms with Crippen molar-refractivity contribution in [3.8, 4) is 10.4 Å². The van der Waals surface area contributed by atoms with Crippen molar-refractivity contribution in [3.63, 3.8) is 0 Å². The van der Waals surface area contributed by atoms with E-state index >= 15 is 0 Å². The first-order valence-corrected chi connectivity index (χ1v) is 10.0. The largest absolute Gasteiger partial charge is 0.449 e. The van der Waals surface area contributed by atoms with Crippen molar-refractivity contribution in [2.45, 2.75) is 31.9 Å². The summed E-state index contributed by atoms with van der Waals surface area (Å²) < 4.78 is 77.3. The van der Waals surface area contributed by atoms with Crippen molar-refractivity contribution in [2.75, 3.05) is 6.54 Å². The number of alkyl halides is 6. The number of nitrogens with zero attached hydrogens (tertiary/aromatic N) is 2. The monoisotopic (exact) mass is 459 g/mol. The van der Waals surface area contributed by atoms with Crippen molar-refractivity contribution < 1.29 is 26.3 Å². The van der Waals surface area contributed by atoms with E-state index in [9.17, 15) is 31.1 Å². The fourth-order valence-corrected chi connectivity index (χ4v) is 4.48. The number of nitrogens with one attached hydrogen (secondary N) is 1. The Labute approximate surface area is 176 Å². The van der Waals surface area contributed by atoms with Crippen LogP contribution in [0.15, 0.2) is 41.2 Å². The fraction of sp³-hybridized carbons (Fsp3) is 0.300. The van der Waals surface area contributed by atoms with E-state index in [0.29, 0.717) is 23.5 Å². The van der Waals surface area contributed by atoms with Gasteiger partial charge in [-0.05, 0) is 29.8 Å². The van der Waals surface area contributed by atoms with E-state index in [0.717, 1.165) is 17.0 Å². The van der Waals surface area contributed by atoms with Gasteiger partial charge in [-0.15, -0.1) is 11.3 Å². The molecule has 3 aromatic rings. The lowest BCUT2D eigenvalue weighted by molar-refractivity contribution is -0.145. The molecule has 0 aliphatic carbocycles. The number of hydrogen-bond acceptors (Lipinski definition) is 4. The summed E-state index contributed by atoms with van der Waals surface area (Å²) in [6.07, 6.45) is -8.94. The number of fused-ring (bicyclic) bond motifs is 1. The minimum Gasteiger partial charge on any atom is -0.303 e. The predicted octanol–water partition coefficient (Wildman–Crippen LogP) is 5.09. The van der Waals surface area contributed by atoms with Gasteiger partial charge in [0, 0.05) is 35.8 Å². The van der Waals surface area contributed by atoms with Crippen LogP contribution in [-0.2, 0) is 31.9 Å². The zero-order valence-corrected chi connectivity index (χ0v) is 16.6. The number of thiophene rings is 1. The highest BCUT2D eigenvalue weighted by atomic mass is 32.1. The van der Waals surface area contributed by atoms with Gasteiger partial charge in [-0.2, -0.15) is 26.3 Å². The highest BCUT2D eigenvalue weighted by Gasteiger charge is 2.36. The van der Waals surface area contributed by atoms with Crippen LogP contribution in [0.5, 0.6) is 0 Å². The van der Waals surface area contributed by atoms with Crippen LogP contribution in [-0.4, -0.2) is 21.4 Å². The van der Waals surface area contributed by atoms with E-state index in [1.807, 2.05) is 4.90 Å². The molecule has 0 spiro atoms. The Morgan fingerprint density at radius 3 is 2.55 bits per heavy atom. The maximum absolute atomic E-state index is 12.9. The van der Waals surface area contributed by atoms with Gasteiger partial charge >= 0.3 is 12.4 Å². The lowest BCUT2D eigenvalue weighted by Gasteiger charge is -2.27. The molecule has 0 bridgehead atoms. The molecule has 0 saturated carbocycles. The average Bonchev–Trinajstić information content (AvgIpc) is 3.15. The molecule has 0 fully saturated rings. The van der Waals surface area contributed by atoms with Gasteiger partial charge in [0.2, 0.25) is 5.82 Å². The first-order chi connectivity index (χ1) is 14.5. The van der Waals surface area contributed by atoms with Gasteiger partial charge in [0.05, 0.1) is 16.8 Å². The third kappa shape index (κ3) is 4.67. The highest BCUT2D eigenvalue weighted by Crippen LogP contribution is 2.35. The second-order valence-electron chi connectivity index (χ2n) is 7.14. The van der Waals surface area contributed by atoms with Crippen LogP contribution in [0.3, 0.4) is 0 Å². The zero-order chi connectivity index (χ0) is 22.4. The van der Waals surface area contributed by atoms with Gasteiger partial charge in [-0.25, -0.2) is 4.98 Å². The highest BCUT2D eigenvalue weighted by molar-refractivity contribution is 7.15. The molecule has 0 amide bonds. The normalized spacial score (nSPS) is 15.2. The van der Waals surface area contributed by atoms with Gasteiger partial charge in [0.25, 0.3) is 5.56 Å². The molecule has 0 unspecified atom stereocenters. The van der Waals surface area contributed by atoms with Crippen LogP contribution in [0.2, 0.25) is 0 Å². The van der Waals surface area contributed by atoms with Gasteiger partial charge in [-0.3, -0.25) is 9.69 Å².